The van der Waals surface area contributed by atoms with Gasteiger partial charge in [-0.3, -0.25) is 4.90 Å². The number of morpholine rings is 1. The van der Waals surface area contributed by atoms with E-state index in [0.29, 0.717) is 6.04 Å². The van der Waals surface area contributed by atoms with Gasteiger partial charge in [0.05, 0.1) is 20.3 Å². The maximum atomic E-state index is 5.37. The molecule has 1 aliphatic heterocycles. The molecule has 2 rings (SSSR count). The smallest absolute Gasteiger partial charge is 0.118 e. The van der Waals surface area contributed by atoms with E-state index in [9.17, 15) is 0 Å². The molecule has 0 spiro atoms. The maximum absolute atomic E-state index is 5.37. The third-order valence-electron chi connectivity index (χ3n) is 4.07. The van der Waals surface area contributed by atoms with Gasteiger partial charge in [0.2, 0.25) is 0 Å². The van der Waals surface area contributed by atoms with Crippen LogP contribution in [0.5, 0.6) is 5.75 Å². The molecule has 0 radical (unpaired) electrons. The van der Waals surface area contributed by atoms with E-state index in [2.05, 4.69) is 29.3 Å². The highest BCUT2D eigenvalue weighted by molar-refractivity contribution is 5.29. The van der Waals surface area contributed by atoms with Gasteiger partial charge in [0.1, 0.15) is 5.75 Å². The van der Waals surface area contributed by atoms with E-state index in [4.69, 9.17) is 9.47 Å². The van der Waals surface area contributed by atoms with Crippen molar-refractivity contribution in [1.82, 2.24) is 10.2 Å². The maximum Gasteiger partial charge on any atom is 0.118 e. The van der Waals surface area contributed by atoms with Gasteiger partial charge in [-0.15, -0.1) is 0 Å². The molecule has 118 valence electrons. The lowest BCUT2D eigenvalue weighted by Crippen LogP contribution is -2.37. The average Bonchev–Trinajstić information content (AvgIpc) is 2.56. The second kappa shape index (κ2) is 9.03. The Kier molecular flexibility index (Phi) is 7.00. The van der Waals surface area contributed by atoms with E-state index in [1.54, 1.807) is 7.11 Å². The standard InChI is InChI=1S/C17H28N2O2/c1-3-17(15-5-7-16(20-2)8-6-15)18-9-4-10-19-11-13-21-14-12-19/h5-8,17-18H,3-4,9-14H2,1-2H3. The molecule has 0 aromatic heterocycles. The molecule has 1 fully saturated rings. The van der Waals surface area contributed by atoms with Crippen molar-refractivity contribution < 1.29 is 9.47 Å². The van der Waals surface area contributed by atoms with Crippen LogP contribution >= 0.6 is 0 Å². The van der Waals surface area contributed by atoms with Crippen molar-refractivity contribution in [3.63, 3.8) is 0 Å². The number of rotatable bonds is 8. The number of hydrogen-bond acceptors (Lipinski definition) is 4. The summed E-state index contributed by atoms with van der Waals surface area (Å²) in [5, 5.41) is 3.66. The van der Waals surface area contributed by atoms with Gasteiger partial charge < -0.3 is 14.8 Å². The molecule has 1 aromatic rings. The second-order valence-corrected chi connectivity index (χ2v) is 5.50. The van der Waals surface area contributed by atoms with Crippen molar-refractivity contribution in [3.05, 3.63) is 29.8 Å². The van der Waals surface area contributed by atoms with Crippen LogP contribution in [-0.2, 0) is 4.74 Å². The van der Waals surface area contributed by atoms with Crippen molar-refractivity contribution in [2.45, 2.75) is 25.8 Å². The largest absolute Gasteiger partial charge is 0.497 e. The Bertz CT molecular complexity index is 388. The molecule has 4 heteroatoms. The van der Waals surface area contributed by atoms with Crippen molar-refractivity contribution >= 4 is 0 Å². The first-order valence-corrected chi connectivity index (χ1v) is 8.01. The van der Waals surface area contributed by atoms with E-state index >= 15 is 0 Å². The van der Waals surface area contributed by atoms with Crippen molar-refractivity contribution in [2.24, 2.45) is 0 Å². The van der Waals surface area contributed by atoms with Crippen LogP contribution in [0.4, 0.5) is 0 Å². The fourth-order valence-corrected chi connectivity index (χ4v) is 2.74. The third-order valence-corrected chi connectivity index (χ3v) is 4.07. The number of benzene rings is 1. The van der Waals surface area contributed by atoms with Crippen molar-refractivity contribution in [1.29, 1.82) is 0 Å². The normalized spacial score (nSPS) is 17.6. The van der Waals surface area contributed by atoms with Gasteiger partial charge in [0.15, 0.2) is 0 Å². The van der Waals surface area contributed by atoms with Crippen LogP contribution < -0.4 is 10.1 Å². The topological polar surface area (TPSA) is 33.7 Å². The lowest BCUT2D eigenvalue weighted by Gasteiger charge is -2.27. The van der Waals surface area contributed by atoms with Gasteiger partial charge in [0, 0.05) is 19.1 Å². The van der Waals surface area contributed by atoms with Crippen molar-refractivity contribution in [2.75, 3.05) is 46.5 Å². The van der Waals surface area contributed by atoms with Crippen LogP contribution in [0.3, 0.4) is 0 Å². The molecule has 0 saturated carbocycles. The molecular formula is C17H28N2O2. The van der Waals surface area contributed by atoms with Gasteiger partial charge in [0.25, 0.3) is 0 Å². The first-order valence-electron chi connectivity index (χ1n) is 8.01. The Balaban J connectivity index is 1.71. The molecule has 1 unspecified atom stereocenters. The predicted molar refractivity (Wildman–Crippen MR) is 85.9 cm³/mol. The molecule has 1 aliphatic rings. The summed E-state index contributed by atoms with van der Waals surface area (Å²) in [6.07, 6.45) is 2.29. The third kappa shape index (κ3) is 5.30. The lowest BCUT2D eigenvalue weighted by molar-refractivity contribution is 0.0374. The highest BCUT2D eigenvalue weighted by Crippen LogP contribution is 2.19. The number of nitrogens with one attached hydrogen (secondary N) is 1. The Morgan fingerprint density at radius 2 is 1.95 bits per heavy atom. The van der Waals surface area contributed by atoms with E-state index < -0.39 is 0 Å². The zero-order valence-corrected chi connectivity index (χ0v) is 13.3. The summed E-state index contributed by atoms with van der Waals surface area (Å²) in [6, 6.07) is 8.81. The summed E-state index contributed by atoms with van der Waals surface area (Å²) in [5.41, 5.74) is 1.34. The Labute approximate surface area is 128 Å². The van der Waals surface area contributed by atoms with Gasteiger partial charge in [-0.2, -0.15) is 0 Å². The van der Waals surface area contributed by atoms with Gasteiger partial charge in [-0.1, -0.05) is 19.1 Å². The monoisotopic (exact) mass is 292 g/mol. The van der Waals surface area contributed by atoms with E-state index in [0.717, 1.165) is 51.6 Å². The fourth-order valence-electron chi connectivity index (χ4n) is 2.74. The zero-order valence-electron chi connectivity index (χ0n) is 13.3. The molecule has 0 bridgehead atoms. The molecule has 21 heavy (non-hydrogen) atoms. The summed E-state index contributed by atoms with van der Waals surface area (Å²) < 4.78 is 10.6. The highest BCUT2D eigenvalue weighted by atomic mass is 16.5. The zero-order chi connectivity index (χ0) is 14.9. The first-order chi connectivity index (χ1) is 10.3. The minimum Gasteiger partial charge on any atom is -0.497 e. The van der Waals surface area contributed by atoms with Crippen LogP contribution in [0, 0.1) is 0 Å². The van der Waals surface area contributed by atoms with E-state index in [1.807, 2.05) is 12.1 Å². The van der Waals surface area contributed by atoms with Crippen LogP contribution in [-0.4, -0.2) is 51.4 Å². The number of methoxy groups -OCH3 is 1. The minimum atomic E-state index is 0.431. The number of ether oxygens (including phenoxy) is 2. The average molecular weight is 292 g/mol. The lowest BCUT2D eigenvalue weighted by atomic mass is 10.0. The van der Waals surface area contributed by atoms with E-state index in [-0.39, 0.29) is 0 Å². The molecule has 1 saturated heterocycles. The molecule has 0 amide bonds. The summed E-state index contributed by atoms with van der Waals surface area (Å²) in [4.78, 5) is 2.49. The van der Waals surface area contributed by atoms with Crippen LogP contribution in [0.15, 0.2) is 24.3 Å². The Hall–Kier alpha value is -1.10. The predicted octanol–water partition coefficient (Wildman–Crippen LogP) is 2.46. The fraction of sp³-hybridized carbons (Fsp3) is 0.647. The summed E-state index contributed by atoms with van der Waals surface area (Å²) in [6.45, 7) is 8.38. The van der Waals surface area contributed by atoms with Gasteiger partial charge in [-0.25, -0.2) is 0 Å². The number of hydrogen-bond donors (Lipinski definition) is 1. The Morgan fingerprint density at radius 1 is 1.24 bits per heavy atom. The van der Waals surface area contributed by atoms with Gasteiger partial charge >= 0.3 is 0 Å². The van der Waals surface area contributed by atoms with E-state index in [1.165, 1.54) is 12.0 Å². The van der Waals surface area contributed by atoms with Crippen LogP contribution in [0.25, 0.3) is 0 Å². The summed E-state index contributed by atoms with van der Waals surface area (Å²) in [5.74, 6) is 0.918. The molecule has 1 N–H and O–H groups in total. The molecule has 0 aliphatic carbocycles. The number of nitrogens with zero attached hydrogens (tertiary/aromatic N) is 1. The second-order valence-electron chi connectivity index (χ2n) is 5.50. The van der Waals surface area contributed by atoms with Crippen molar-refractivity contribution in [3.8, 4) is 5.75 Å². The van der Waals surface area contributed by atoms with Crippen LogP contribution in [0.1, 0.15) is 31.4 Å². The molecule has 1 atom stereocenters. The molecule has 4 nitrogen and oxygen atoms in total. The first kappa shape index (κ1) is 16.3. The summed E-state index contributed by atoms with van der Waals surface area (Å²) in [7, 11) is 1.70. The highest BCUT2D eigenvalue weighted by Gasteiger charge is 2.11. The SMILES string of the molecule is CCC(NCCCN1CCOCC1)c1ccc(OC)cc1. The summed E-state index contributed by atoms with van der Waals surface area (Å²) >= 11 is 0. The van der Waals surface area contributed by atoms with Crippen LogP contribution in [0.2, 0.25) is 0 Å². The van der Waals surface area contributed by atoms with Gasteiger partial charge in [-0.05, 0) is 43.6 Å². The quantitative estimate of drug-likeness (QED) is 0.746. The molecule has 1 heterocycles. The minimum absolute atomic E-state index is 0.431. The molecule has 1 aromatic carbocycles. The molecular weight excluding hydrogens is 264 g/mol. The Morgan fingerprint density at radius 3 is 2.57 bits per heavy atom.